The van der Waals surface area contributed by atoms with E-state index in [-0.39, 0.29) is 22.8 Å². The summed E-state index contributed by atoms with van der Waals surface area (Å²) in [5.74, 6) is -1.14. The van der Waals surface area contributed by atoms with Crippen molar-refractivity contribution in [2.45, 2.75) is 11.3 Å². The average molecular weight is 414 g/mol. The van der Waals surface area contributed by atoms with Crippen molar-refractivity contribution >= 4 is 44.3 Å². The molecule has 3 rings (SSSR count). The summed E-state index contributed by atoms with van der Waals surface area (Å²) >= 11 is 1.24. The first-order valence-corrected chi connectivity index (χ1v) is 10.7. The number of hydrogen-bond donors (Lipinski definition) is 1. The van der Waals surface area contributed by atoms with Gasteiger partial charge in [-0.05, 0) is 24.3 Å². The maximum absolute atomic E-state index is 12.0. The van der Waals surface area contributed by atoms with E-state index in [1.165, 1.54) is 11.8 Å². The third-order valence-corrected chi connectivity index (χ3v) is 7.30. The molecule has 27 heavy (non-hydrogen) atoms. The number of carbonyl (C=O) groups is 2. The van der Waals surface area contributed by atoms with Crippen molar-refractivity contribution in [3.63, 3.8) is 0 Å². The van der Waals surface area contributed by atoms with Crippen molar-refractivity contribution in [2.24, 2.45) is 4.99 Å². The molecule has 1 aromatic carbocycles. The summed E-state index contributed by atoms with van der Waals surface area (Å²) in [5, 5.41) is 8.71. The van der Waals surface area contributed by atoms with E-state index >= 15 is 0 Å². The summed E-state index contributed by atoms with van der Waals surface area (Å²) in [4.78, 5) is 28.2. The number of methoxy groups -OCH3 is 1. The molecule has 1 N–H and O–H groups in total. The first-order valence-electron chi connectivity index (χ1n) is 8.00. The van der Waals surface area contributed by atoms with Gasteiger partial charge in [-0.25, -0.2) is 13.2 Å². The Morgan fingerprint density at radius 2 is 1.96 bits per heavy atom. The summed E-state index contributed by atoms with van der Waals surface area (Å²) in [7, 11) is -1.61. The number of thioether (sulfide) groups is 1. The third-order valence-electron chi connectivity index (χ3n) is 4.09. The van der Waals surface area contributed by atoms with Crippen molar-refractivity contribution in [1.29, 1.82) is 0 Å². The second-order valence-electron chi connectivity index (χ2n) is 6.04. The molecule has 2 saturated heterocycles. The number of sulfone groups is 1. The molecule has 2 atom stereocenters. The summed E-state index contributed by atoms with van der Waals surface area (Å²) in [6, 6.07) is 6.71. The van der Waals surface area contributed by atoms with Gasteiger partial charge in [0.15, 0.2) is 15.0 Å². The van der Waals surface area contributed by atoms with Gasteiger partial charge in [-0.2, -0.15) is 4.99 Å². The molecule has 9 nitrogen and oxygen atoms in total. The SMILES string of the molecule is COc1ccc(N2C(=NC(=O)COCC(=O)O)SC3CS(=O)(=O)CC32)cc1. The summed E-state index contributed by atoms with van der Waals surface area (Å²) in [5.41, 5.74) is 0.700. The summed E-state index contributed by atoms with van der Waals surface area (Å²) in [6.07, 6.45) is 0. The molecule has 0 aromatic heterocycles. The van der Waals surface area contributed by atoms with E-state index in [4.69, 9.17) is 14.6 Å². The largest absolute Gasteiger partial charge is 0.497 e. The number of anilines is 1. The highest BCUT2D eigenvalue weighted by atomic mass is 32.2. The quantitative estimate of drug-likeness (QED) is 0.704. The molecule has 0 bridgehead atoms. The van der Waals surface area contributed by atoms with Crippen LogP contribution >= 0.6 is 11.8 Å². The number of benzene rings is 1. The van der Waals surface area contributed by atoms with Crippen molar-refractivity contribution < 1.29 is 32.6 Å². The van der Waals surface area contributed by atoms with Crippen molar-refractivity contribution in [2.75, 3.05) is 36.7 Å². The normalized spacial score (nSPS) is 24.8. The molecule has 0 saturated carbocycles. The Morgan fingerprint density at radius 1 is 1.26 bits per heavy atom. The number of aliphatic imine (C=N–C) groups is 1. The minimum atomic E-state index is -3.15. The average Bonchev–Trinajstić information content (AvgIpc) is 3.05. The minimum Gasteiger partial charge on any atom is -0.497 e. The highest BCUT2D eigenvalue weighted by Gasteiger charge is 2.49. The molecule has 0 aliphatic carbocycles. The van der Waals surface area contributed by atoms with Crippen LogP contribution in [0.25, 0.3) is 0 Å². The molecule has 2 heterocycles. The van der Waals surface area contributed by atoms with Gasteiger partial charge in [0, 0.05) is 10.9 Å². The molecule has 146 valence electrons. The molecule has 0 radical (unpaired) electrons. The highest BCUT2D eigenvalue weighted by Crippen LogP contribution is 2.41. The van der Waals surface area contributed by atoms with E-state index in [2.05, 4.69) is 4.99 Å². The number of nitrogens with zero attached hydrogens (tertiary/aromatic N) is 2. The van der Waals surface area contributed by atoms with Crippen LogP contribution in [0.3, 0.4) is 0 Å². The van der Waals surface area contributed by atoms with Crippen LogP contribution in [0.2, 0.25) is 0 Å². The number of carbonyl (C=O) groups excluding carboxylic acids is 1. The van der Waals surface area contributed by atoms with Crippen LogP contribution in [0, 0.1) is 0 Å². The Labute approximate surface area is 160 Å². The van der Waals surface area contributed by atoms with E-state index in [1.807, 2.05) is 0 Å². The lowest BCUT2D eigenvalue weighted by Gasteiger charge is -2.24. The Morgan fingerprint density at radius 3 is 2.59 bits per heavy atom. The number of carboxylic acid groups (broad SMARTS) is 1. The number of amidine groups is 1. The van der Waals surface area contributed by atoms with Crippen molar-refractivity contribution in [3.8, 4) is 5.75 Å². The Bertz CT molecular complexity index is 867. The maximum atomic E-state index is 12.0. The zero-order valence-electron chi connectivity index (χ0n) is 14.4. The number of aliphatic carboxylic acids is 1. The number of fused-ring (bicyclic) bond motifs is 1. The number of ether oxygens (including phenoxy) is 2. The number of amides is 1. The maximum Gasteiger partial charge on any atom is 0.329 e. The fourth-order valence-corrected chi connectivity index (χ4v) is 6.91. The van der Waals surface area contributed by atoms with Gasteiger partial charge in [0.1, 0.15) is 19.0 Å². The zero-order chi connectivity index (χ0) is 19.6. The van der Waals surface area contributed by atoms with E-state index in [0.29, 0.717) is 16.6 Å². The predicted octanol–water partition coefficient (Wildman–Crippen LogP) is 0.398. The van der Waals surface area contributed by atoms with Crippen LogP contribution in [-0.4, -0.2) is 73.7 Å². The van der Waals surface area contributed by atoms with Crippen LogP contribution in [0.5, 0.6) is 5.75 Å². The van der Waals surface area contributed by atoms with Gasteiger partial charge in [-0.1, -0.05) is 11.8 Å². The lowest BCUT2D eigenvalue weighted by atomic mass is 10.2. The van der Waals surface area contributed by atoms with Crippen molar-refractivity contribution in [1.82, 2.24) is 0 Å². The first kappa shape index (κ1) is 19.6. The van der Waals surface area contributed by atoms with E-state index in [9.17, 15) is 18.0 Å². The topological polar surface area (TPSA) is 123 Å². The molecule has 1 amide bonds. The molecule has 2 unspecified atom stereocenters. The third kappa shape index (κ3) is 4.60. The lowest BCUT2D eigenvalue weighted by Crippen LogP contribution is -2.37. The Hall–Kier alpha value is -2.11. The Kier molecular flexibility index (Phi) is 5.72. The van der Waals surface area contributed by atoms with Crippen LogP contribution in [-0.2, 0) is 24.2 Å². The molecule has 0 spiro atoms. The Balaban J connectivity index is 1.84. The second kappa shape index (κ2) is 7.87. The number of hydrogen-bond acceptors (Lipinski definition) is 7. The molecular formula is C16H18N2O7S2. The molecule has 1 aromatic rings. The predicted molar refractivity (Wildman–Crippen MR) is 100 cm³/mol. The summed E-state index contributed by atoms with van der Waals surface area (Å²) < 4.78 is 33.9. The van der Waals surface area contributed by atoms with E-state index in [1.54, 1.807) is 36.3 Å². The fraction of sp³-hybridized carbons (Fsp3) is 0.438. The second-order valence-corrected chi connectivity index (χ2v) is 9.40. The number of rotatable bonds is 6. The first-order chi connectivity index (χ1) is 12.8. The van der Waals surface area contributed by atoms with Gasteiger partial charge in [-0.15, -0.1) is 0 Å². The highest BCUT2D eigenvalue weighted by molar-refractivity contribution is 8.16. The van der Waals surface area contributed by atoms with Crippen LogP contribution in [0.15, 0.2) is 29.3 Å². The van der Waals surface area contributed by atoms with Crippen LogP contribution in [0.4, 0.5) is 5.69 Å². The standard InChI is InChI=1S/C16H18N2O7S2/c1-24-11-4-2-10(3-5-11)18-12-8-27(22,23)9-13(12)26-16(18)17-14(19)6-25-7-15(20)21/h2-5,12-13H,6-9H2,1H3,(H,20,21). The molecule has 11 heteroatoms. The minimum absolute atomic E-state index is 0.0145. The smallest absolute Gasteiger partial charge is 0.329 e. The molecule has 2 fully saturated rings. The van der Waals surface area contributed by atoms with Crippen LogP contribution in [0.1, 0.15) is 0 Å². The van der Waals surface area contributed by atoms with Gasteiger partial charge in [0.25, 0.3) is 5.91 Å². The zero-order valence-corrected chi connectivity index (χ0v) is 16.0. The fourth-order valence-electron chi connectivity index (χ4n) is 2.97. The molecule has 2 aliphatic heterocycles. The van der Waals surface area contributed by atoms with Crippen LogP contribution < -0.4 is 9.64 Å². The molecular weight excluding hydrogens is 396 g/mol. The van der Waals surface area contributed by atoms with Gasteiger partial charge in [0.2, 0.25) is 0 Å². The van der Waals surface area contributed by atoms with E-state index in [0.717, 1.165) is 0 Å². The van der Waals surface area contributed by atoms with Gasteiger partial charge < -0.3 is 19.5 Å². The van der Waals surface area contributed by atoms with Gasteiger partial charge in [0.05, 0.1) is 24.7 Å². The van der Waals surface area contributed by atoms with Gasteiger partial charge in [-0.3, -0.25) is 4.79 Å². The lowest BCUT2D eigenvalue weighted by molar-refractivity contribution is -0.143. The monoisotopic (exact) mass is 414 g/mol. The molecule has 2 aliphatic rings. The number of carboxylic acids is 1. The van der Waals surface area contributed by atoms with E-state index < -0.39 is 34.9 Å². The van der Waals surface area contributed by atoms with Crippen molar-refractivity contribution in [3.05, 3.63) is 24.3 Å². The van der Waals surface area contributed by atoms with Gasteiger partial charge >= 0.3 is 5.97 Å². The summed E-state index contributed by atoms with van der Waals surface area (Å²) in [6.45, 7) is -1.05.